The number of hydrogen-bond acceptors (Lipinski definition) is 2. The summed E-state index contributed by atoms with van der Waals surface area (Å²) in [5.74, 6) is 1.57. The minimum absolute atomic E-state index is 0. The van der Waals surface area contributed by atoms with Crippen molar-refractivity contribution < 1.29 is 0 Å². The van der Waals surface area contributed by atoms with Gasteiger partial charge >= 0.3 is 0 Å². The number of hydrogen-bond donors (Lipinski definition) is 2. The van der Waals surface area contributed by atoms with Gasteiger partial charge in [0.05, 0.1) is 0 Å². The van der Waals surface area contributed by atoms with E-state index in [1.54, 1.807) is 0 Å². The molecule has 0 amide bonds. The molecule has 1 aromatic rings. The molecule has 23 heavy (non-hydrogen) atoms. The van der Waals surface area contributed by atoms with Crippen molar-refractivity contribution in [3.05, 3.63) is 35.4 Å². The summed E-state index contributed by atoms with van der Waals surface area (Å²) in [5, 5.41) is 6.91. The lowest BCUT2D eigenvalue weighted by molar-refractivity contribution is 0.232. The fourth-order valence-corrected chi connectivity index (χ4v) is 3.50. The number of rotatable bonds is 5. The van der Waals surface area contributed by atoms with E-state index in [4.69, 9.17) is 0 Å². The maximum Gasteiger partial charge on any atom is 0.191 e. The number of likely N-dealkylation sites (tertiary alicyclic amines) is 1. The van der Waals surface area contributed by atoms with Crippen LogP contribution in [-0.4, -0.2) is 50.6 Å². The van der Waals surface area contributed by atoms with Gasteiger partial charge in [0.15, 0.2) is 5.96 Å². The van der Waals surface area contributed by atoms with Crippen LogP contribution >= 0.6 is 24.0 Å². The van der Waals surface area contributed by atoms with Crippen molar-refractivity contribution in [3.8, 4) is 0 Å². The Morgan fingerprint density at radius 1 is 1.17 bits per heavy atom. The standard InChI is InChI=1S/C18H28N4.HI/c1-19-18(20-9-12-22-10-5-2-6-11-22)21-14-16-13-15-7-3-4-8-17(15)16;/h3-4,7-8,16H,2,5-6,9-14H2,1H3,(H2,19,20,21);1H. The third kappa shape index (κ3) is 5.08. The van der Waals surface area contributed by atoms with Crippen molar-refractivity contribution in [1.29, 1.82) is 0 Å². The fourth-order valence-electron chi connectivity index (χ4n) is 3.50. The first-order valence-corrected chi connectivity index (χ1v) is 8.61. The number of fused-ring (bicyclic) bond motifs is 1. The van der Waals surface area contributed by atoms with E-state index >= 15 is 0 Å². The largest absolute Gasteiger partial charge is 0.356 e. The van der Waals surface area contributed by atoms with Crippen molar-refractivity contribution in [2.45, 2.75) is 31.6 Å². The second-order valence-electron chi connectivity index (χ2n) is 6.38. The highest BCUT2D eigenvalue weighted by Gasteiger charge is 2.25. The average Bonchev–Trinajstić information content (AvgIpc) is 2.55. The molecular weight excluding hydrogens is 399 g/mol. The Kier molecular flexibility index (Phi) is 7.62. The monoisotopic (exact) mass is 428 g/mol. The summed E-state index contributed by atoms with van der Waals surface area (Å²) in [5.41, 5.74) is 3.00. The van der Waals surface area contributed by atoms with Crippen LogP contribution in [0.2, 0.25) is 0 Å². The molecule has 0 saturated carbocycles. The lowest BCUT2D eigenvalue weighted by Gasteiger charge is -2.31. The van der Waals surface area contributed by atoms with Crippen LogP contribution in [0.5, 0.6) is 0 Å². The summed E-state index contributed by atoms with van der Waals surface area (Å²) in [7, 11) is 1.85. The first kappa shape index (κ1) is 18.5. The molecule has 0 radical (unpaired) electrons. The molecule has 1 fully saturated rings. The molecule has 5 heteroatoms. The first-order valence-electron chi connectivity index (χ1n) is 8.61. The van der Waals surface area contributed by atoms with Gasteiger partial charge in [-0.3, -0.25) is 4.99 Å². The van der Waals surface area contributed by atoms with Crippen molar-refractivity contribution in [2.24, 2.45) is 4.99 Å². The lowest BCUT2D eigenvalue weighted by Crippen LogP contribution is -2.44. The van der Waals surface area contributed by atoms with Crippen LogP contribution in [-0.2, 0) is 6.42 Å². The minimum Gasteiger partial charge on any atom is -0.356 e. The number of guanidine groups is 1. The van der Waals surface area contributed by atoms with Gasteiger partial charge in [-0.2, -0.15) is 0 Å². The van der Waals surface area contributed by atoms with E-state index in [9.17, 15) is 0 Å². The van der Waals surface area contributed by atoms with E-state index in [-0.39, 0.29) is 24.0 Å². The first-order chi connectivity index (χ1) is 10.9. The summed E-state index contributed by atoms with van der Waals surface area (Å²) in [6.45, 7) is 5.58. The lowest BCUT2D eigenvalue weighted by atomic mass is 9.78. The molecule has 1 aliphatic carbocycles. The molecule has 1 heterocycles. The highest BCUT2D eigenvalue weighted by atomic mass is 127. The van der Waals surface area contributed by atoms with Crippen LogP contribution in [0.1, 0.15) is 36.3 Å². The number of nitrogens with zero attached hydrogens (tertiary/aromatic N) is 2. The second-order valence-corrected chi connectivity index (χ2v) is 6.38. The Bertz CT molecular complexity index is 511. The van der Waals surface area contributed by atoms with E-state index in [0.29, 0.717) is 5.92 Å². The van der Waals surface area contributed by atoms with Gasteiger partial charge in [0.1, 0.15) is 0 Å². The van der Waals surface area contributed by atoms with Crippen molar-refractivity contribution in [1.82, 2.24) is 15.5 Å². The smallest absolute Gasteiger partial charge is 0.191 e. The van der Waals surface area contributed by atoms with Gasteiger partial charge in [-0.15, -0.1) is 24.0 Å². The molecule has 128 valence electrons. The fraction of sp³-hybridized carbons (Fsp3) is 0.611. The van der Waals surface area contributed by atoms with E-state index in [1.165, 1.54) is 49.9 Å². The zero-order valence-corrected chi connectivity index (χ0v) is 16.4. The second kappa shape index (κ2) is 9.47. The Balaban J connectivity index is 0.00000192. The van der Waals surface area contributed by atoms with Crippen LogP contribution in [0.25, 0.3) is 0 Å². The molecule has 1 atom stereocenters. The van der Waals surface area contributed by atoms with Crippen molar-refractivity contribution >= 4 is 29.9 Å². The van der Waals surface area contributed by atoms with Crippen molar-refractivity contribution in [2.75, 3.05) is 39.8 Å². The molecule has 1 aromatic carbocycles. The van der Waals surface area contributed by atoms with Crippen molar-refractivity contribution in [3.63, 3.8) is 0 Å². The summed E-state index contributed by atoms with van der Waals surface area (Å²) in [4.78, 5) is 6.88. The third-order valence-corrected chi connectivity index (χ3v) is 4.87. The molecule has 1 saturated heterocycles. The van der Waals surface area contributed by atoms with Crippen LogP contribution in [0.3, 0.4) is 0 Å². The topological polar surface area (TPSA) is 39.7 Å². The van der Waals surface area contributed by atoms with E-state index in [2.05, 4.69) is 44.8 Å². The van der Waals surface area contributed by atoms with E-state index in [1.807, 2.05) is 7.05 Å². The quantitative estimate of drug-likeness (QED) is 0.430. The zero-order valence-electron chi connectivity index (χ0n) is 14.1. The molecular formula is C18H29IN4. The molecule has 1 unspecified atom stereocenters. The Morgan fingerprint density at radius 2 is 1.96 bits per heavy atom. The Morgan fingerprint density at radius 3 is 2.70 bits per heavy atom. The molecule has 3 rings (SSSR count). The van der Waals surface area contributed by atoms with E-state index < -0.39 is 0 Å². The Hall–Kier alpha value is -0.820. The number of benzene rings is 1. The van der Waals surface area contributed by atoms with Crippen LogP contribution in [0.4, 0.5) is 0 Å². The molecule has 1 aliphatic heterocycles. The summed E-state index contributed by atoms with van der Waals surface area (Å²) in [6.07, 6.45) is 5.30. The number of aliphatic imine (C=N–C) groups is 1. The summed E-state index contributed by atoms with van der Waals surface area (Å²) < 4.78 is 0. The number of piperidine rings is 1. The van der Waals surface area contributed by atoms with Gasteiger partial charge in [0, 0.05) is 32.6 Å². The van der Waals surface area contributed by atoms with E-state index in [0.717, 1.165) is 25.6 Å². The van der Waals surface area contributed by atoms with Gasteiger partial charge in [0.25, 0.3) is 0 Å². The van der Waals surface area contributed by atoms with Gasteiger partial charge in [-0.1, -0.05) is 30.7 Å². The van der Waals surface area contributed by atoms with Crippen LogP contribution in [0, 0.1) is 0 Å². The number of halogens is 1. The van der Waals surface area contributed by atoms with Crippen LogP contribution in [0.15, 0.2) is 29.3 Å². The van der Waals surface area contributed by atoms with Gasteiger partial charge in [-0.25, -0.2) is 0 Å². The average molecular weight is 428 g/mol. The van der Waals surface area contributed by atoms with Gasteiger partial charge < -0.3 is 15.5 Å². The van der Waals surface area contributed by atoms with Gasteiger partial charge in [0.2, 0.25) is 0 Å². The van der Waals surface area contributed by atoms with Gasteiger partial charge in [-0.05, 0) is 43.5 Å². The predicted molar refractivity (Wildman–Crippen MR) is 108 cm³/mol. The maximum absolute atomic E-state index is 4.33. The Labute approximate surface area is 157 Å². The predicted octanol–water partition coefficient (Wildman–Crippen LogP) is 2.60. The molecule has 0 spiro atoms. The molecule has 0 bridgehead atoms. The third-order valence-electron chi connectivity index (χ3n) is 4.87. The highest BCUT2D eigenvalue weighted by molar-refractivity contribution is 14.0. The molecule has 0 aromatic heterocycles. The normalized spacial score (nSPS) is 20.9. The SMILES string of the molecule is CN=C(NCCN1CCCCC1)NCC1Cc2ccccc21.I. The highest BCUT2D eigenvalue weighted by Crippen LogP contribution is 2.33. The minimum atomic E-state index is 0. The zero-order chi connectivity index (χ0) is 15.2. The van der Waals surface area contributed by atoms with Crippen LogP contribution < -0.4 is 10.6 Å². The molecule has 4 nitrogen and oxygen atoms in total. The molecule has 2 aliphatic rings. The summed E-state index contributed by atoms with van der Waals surface area (Å²) in [6, 6.07) is 8.75. The molecule has 2 N–H and O–H groups in total. The number of nitrogens with one attached hydrogen (secondary N) is 2. The maximum atomic E-state index is 4.33. The summed E-state index contributed by atoms with van der Waals surface area (Å²) >= 11 is 0.